The van der Waals surface area contributed by atoms with E-state index in [9.17, 15) is 0 Å². The summed E-state index contributed by atoms with van der Waals surface area (Å²) in [7, 11) is 1.96. The van der Waals surface area contributed by atoms with Gasteiger partial charge in [-0.15, -0.1) is 0 Å². The first kappa shape index (κ1) is 16.0. The lowest BCUT2D eigenvalue weighted by molar-refractivity contribution is 0.0440. The number of benzene rings is 1. The highest BCUT2D eigenvalue weighted by Gasteiger charge is 2.22. The summed E-state index contributed by atoms with van der Waals surface area (Å²) in [5.41, 5.74) is 5.06. The molecule has 0 fully saturated rings. The van der Waals surface area contributed by atoms with Crippen LogP contribution in [0.15, 0.2) is 36.5 Å². The van der Waals surface area contributed by atoms with Gasteiger partial charge in [0.15, 0.2) is 0 Å². The summed E-state index contributed by atoms with van der Waals surface area (Å²) >= 11 is 0. The van der Waals surface area contributed by atoms with Gasteiger partial charge in [0.1, 0.15) is 0 Å². The average molecular weight is 312 g/mol. The Balaban J connectivity index is 1.99. The number of nitrogens with zero attached hydrogens (tertiary/aromatic N) is 1. The number of nitrogens with one attached hydrogen (secondary N) is 1. The molecular formula is C19H24N2O2. The van der Waals surface area contributed by atoms with E-state index in [1.165, 1.54) is 16.7 Å². The van der Waals surface area contributed by atoms with Crippen LogP contribution in [-0.2, 0) is 11.2 Å². The Morgan fingerprint density at radius 1 is 1.35 bits per heavy atom. The standard InChI is InChI=1S/C19H24N2O2/c1-13(2)23-19-11-14(7-9-21-19)15-5-4-6-17-16(15)8-10-22-18(17)12-20-3/h4-7,9,11,13,18,20H,8,10,12H2,1-3H3/t18-/m1/s1. The number of hydrogen-bond acceptors (Lipinski definition) is 4. The van der Waals surface area contributed by atoms with Gasteiger partial charge in [0.05, 0.1) is 18.8 Å². The van der Waals surface area contributed by atoms with E-state index in [-0.39, 0.29) is 12.2 Å². The van der Waals surface area contributed by atoms with Crippen LogP contribution in [0.25, 0.3) is 11.1 Å². The van der Waals surface area contributed by atoms with Crippen molar-refractivity contribution in [2.75, 3.05) is 20.2 Å². The number of rotatable bonds is 5. The lowest BCUT2D eigenvalue weighted by Gasteiger charge is -2.28. The lowest BCUT2D eigenvalue weighted by Crippen LogP contribution is -2.25. The molecule has 0 saturated carbocycles. The van der Waals surface area contributed by atoms with Crippen molar-refractivity contribution >= 4 is 0 Å². The summed E-state index contributed by atoms with van der Waals surface area (Å²) in [4.78, 5) is 4.30. The van der Waals surface area contributed by atoms with Crippen molar-refractivity contribution in [2.45, 2.75) is 32.5 Å². The molecule has 3 rings (SSSR count). The van der Waals surface area contributed by atoms with Crippen LogP contribution in [0, 0.1) is 0 Å². The third kappa shape index (κ3) is 3.54. The molecule has 23 heavy (non-hydrogen) atoms. The van der Waals surface area contributed by atoms with Crippen molar-refractivity contribution in [1.29, 1.82) is 0 Å². The molecule has 0 amide bonds. The summed E-state index contributed by atoms with van der Waals surface area (Å²) in [6.45, 7) is 5.61. The van der Waals surface area contributed by atoms with E-state index in [1.807, 2.05) is 39.2 Å². The van der Waals surface area contributed by atoms with E-state index >= 15 is 0 Å². The first-order valence-corrected chi connectivity index (χ1v) is 8.20. The highest BCUT2D eigenvalue weighted by Crippen LogP contribution is 2.35. The van der Waals surface area contributed by atoms with E-state index in [0.717, 1.165) is 25.1 Å². The van der Waals surface area contributed by atoms with Crippen LogP contribution in [0.3, 0.4) is 0 Å². The van der Waals surface area contributed by atoms with Crippen LogP contribution in [0.1, 0.15) is 31.1 Å². The van der Waals surface area contributed by atoms with E-state index in [4.69, 9.17) is 9.47 Å². The zero-order chi connectivity index (χ0) is 16.2. The fourth-order valence-electron chi connectivity index (χ4n) is 3.09. The Kier molecular flexibility index (Phi) is 4.94. The molecule has 2 aromatic rings. The van der Waals surface area contributed by atoms with Crippen LogP contribution in [0.4, 0.5) is 0 Å². The summed E-state index contributed by atoms with van der Waals surface area (Å²) < 4.78 is 11.6. The minimum atomic E-state index is 0.121. The second-order valence-electron chi connectivity index (χ2n) is 6.09. The zero-order valence-electron chi connectivity index (χ0n) is 14.0. The number of fused-ring (bicyclic) bond motifs is 1. The summed E-state index contributed by atoms with van der Waals surface area (Å²) in [5.74, 6) is 0.675. The van der Waals surface area contributed by atoms with E-state index in [0.29, 0.717) is 5.88 Å². The third-order valence-electron chi connectivity index (χ3n) is 4.02. The number of pyridine rings is 1. The molecule has 122 valence electrons. The lowest BCUT2D eigenvalue weighted by atomic mass is 9.90. The maximum absolute atomic E-state index is 5.91. The molecule has 4 nitrogen and oxygen atoms in total. The largest absolute Gasteiger partial charge is 0.475 e. The molecule has 1 N–H and O–H groups in total. The van der Waals surface area contributed by atoms with Crippen molar-refractivity contribution < 1.29 is 9.47 Å². The maximum atomic E-state index is 5.91. The molecule has 2 heterocycles. The van der Waals surface area contributed by atoms with Gasteiger partial charge in [-0.25, -0.2) is 4.98 Å². The van der Waals surface area contributed by atoms with Gasteiger partial charge in [-0.2, -0.15) is 0 Å². The molecule has 0 spiro atoms. The van der Waals surface area contributed by atoms with Crippen LogP contribution in [0.2, 0.25) is 0 Å². The fourth-order valence-corrected chi connectivity index (χ4v) is 3.09. The van der Waals surface area contributed by atoms with Crippen molar-refractivity contribution in [3.05, 3.63) is 47.7 Å². The van der Waals surface area contributed by atoms with Crippen molar-refractivity contribution in [1.82, 2.24) is 10.3 Å². The predicted octanol–water partition coefficient (Wildman–Crippen LogP) is 3.37. The van der Waals surface area contributed by atoms with E-state index in [2.05, 4.69) is 28.5 Å². The van der Waals surface area contributed by atoms with Gasteiger partial charge < -0.3 is 14.8 Å². The van der Waals surface area contributed by atoms with Crippen LogP contribution in [-0.4, -0.2) is 31.3 Å². The number of likely N-dealkylation sites (N-methyl/N-ethyl adjacent to an activating group) is 1. The SMILES string of the molecule is CNC[C@H]1OCCc2c(-c3ccnc(OC(C)C)c3)cccc21. The second-order valence-corrected chi connectivity index (χ2v) is 6.09. The molecule has 1 aromatic heterocycles. The minimum absolute atomic E-state index is 0.121. The first-order chi connectivity index (χ1) is 11.2. The quantitative estimate of drug-likeness (QED) is 0.919. The maximum Gasteiger partial charge on any atom is 0.214 e. The summed E-state index contributed by atoms with van der Waals surface area (Å²) in [5, 5.41) is 3.21. The third-order valence-corrected chi connectivity index (χ3v) is 4.02. The average Bonchev–Trinajstić information content (AvgIpc) is 2.54. The number of ether oxygens (including phenoxy) is 2. The van der Waals surface area contributed by atoms with Crippen LogP contribution >= 0.6 is 0 Å². The Bertz CT molecular complexity index is 670. The van der Waals surface area contributed by atoms with Gasteiger partial charge in [-0.05, 0) is 55.6 Å². The molecule has 0 radical (unpaired) electrons. The highest BCUT2D eigenvalue weighted by atomic mass is 16.5. The fraction of sp³-hybridized carbons (Fsp3) is 0.421. The molecule has 1 aliphatic rings. The predicted molar refractivity (Wildman–Crippen MR) is 91.8 cm³/mol. The molecule has 1 atom stereocenters. The smallest absolute Gasteiger partial charge is 0.214 e. The molecule has 0 unspecified atom stereocenters. The molecule has 1 aromatic carbocycles. The topological polar surface area (TPSA) is 43.4 Å². The van der Waals surface area contributed by atoms with Gasteiger partial charge in [-0.1, -0.05) is 18.2 Å². The van der Waals surface area contributed by atoms with Crippen molar-refractivity contribution in [2.24, 2.45) is 0 Å². The van der Waals surface area contributed by atoms with Gasteiger partial charge in [0.25, 0.3) is 0 Å². The number of aromatic nitrogens is 1. The first-order valence-electron chi connectivity index (χ1n) is 8.20. The normalized spacial score (nSPS) is 17.1. The molecule has 0 bridgehead atoms. The van der Waals surface area contributed by atoms with Gasteiger partial charge in [-0.3, -0.25) is 0 Å². The van der Waals surface area contributed by atoms with Crippen molar-refractivity contribution in [3.8, 4) is 17.0 Å². The molecule has 1 aliphatic heterocycles. The Hall–Kier alpha value is -1.91. The van der Waals surface area contributed by atoms with Gasteiger partial charge in [0.2, 0.25) is 5.88 Å². The van der Waals surface area contributed by atoms with Crippen molar-refractivity contribution in [3.63, 3.8) is 0 Å². The Labute approximate surface area is 137 Å². The summed E-state index contributed by atoms with van der Waals surface area (Å²) in [6, 6.07) is 10.5. The van der Waals surface area contributed by atoms with E-state index < -0.39 is 0 Å². The molecule has 4 heteroatoms. The van der Waals surface area contributed by atoms with Crippen LogP contribution in [0.5, 0.6) is 5.88 Å². The van der Waals surface area contributed by atoms with Gasteiger partial charge in [0, 0.05) is 18.8 Å². The monoisotopic (exact) mass is 312 g/mol. The Morgan fingerprint density at radius 3 is 3.00 bits per heavy atom. The summed E-state index contributed by atoms with van der Waals surface area (Å²) in [6.07, 6.45) is 3.00. The van der Waals surface area contributed by atoms with Crippen LogP contribution < -0.4 is 10.1 Å². The molecular weight excluding hydrogens is 288 g/mol. The second kappa shape index (κ2) is 7.11. The van der Waals surface area contributed by atoms with E-state index in [1.54, 1.807) is 0 Å². The highest BCUT2D eigenvalue weighted by molar-refractivity contribution is 5.70. The minimum Gasteiger partial charge on any atom is -0.475 e. The molecule has 0 saturated heterocycles. The number of hydrogen-bond donors (Lipinski definition) is 1. The zero-order valence-corrected chi connectivity index (χ0v) is 14.0. The van der Waals surface area contributed by atoms with Gasteiger partial charge >= 0.3 is 0 Å². The molecule has 0 aliphatic carbocycles. The Morgan fingerprint density at radius 2 is 2.22 bits per heavy atom.